The van der Waals surface area contributed by atoms with Crippen LogP contribution in [0.3, 0.4) is 0 Å². The number of aromatic nitrogens is 3. The van der Waals surface area contributed by atoms with Crippen molar-refractivity contribution in [3.05, 3.63) is 36.0 Å². The summed E-state index contributed by atoms with van der Waals surface area (Å²) in [6, 6.07) is 7.82. The summed E-state index contributed by atoms with van der Waals surface area (Å²) in [7, 11) is 3.31. The normalized spacial score (nSPS) is 12.5. The van der Waals surface area contributed by atoms with Crippen LogP contribution >= 0.6 is 11.3 Å². The topological polar surface area (TPSA) is 81.4 Å². The number of hydrogen-bond acceptors (Lipinski definition) is 7. The van der Waals surface area contributed by atoms with Crippen LogP contribution in [0.1, 0.15) is 31.2 Å². The van der Waals surface area contributed by atoms with Crippen LogP contribution in [0.4, 0.5) is 5.13 Å². The number of carbonyl (C=O) groups excluding carboxylic acids is 1. The molecule has 0 spiro atoms. The van der Waals surface area contributed by atoms with Gasteiger partial charge in [0, 0.05) is 27.0 Å². The number of hydrogen-bond donors (Lipinski definition) is 0. The first-order chi connectivity index (χ1) is 11.6. The molecule has 0 unspecified atom stereocenters. The SMILES string of the molecule is CO[C@@H](C)c1noc(CCC(=O)N(C)c2nc3ccccc3s2)n1. The number of methoxy groups -OCH3 is 1. The second-order valence-corrected chi connectivity index (χ2v) is 6.35. The van der Waals surface area contributed by atoms with Gasteiger partial charge in [-0.1, -0.05) is 28.6 Å². The molecule has 0 N–H and O–H groups in total. The van der Waals surface area contributed by atoms with Gasteiger partial charge in [-0.25, -0.2) is 4.98 Å². The van der Waals surface area contributed by atoms with Crippen molar-refractivity contribution in [1.29, 1.82) is 0 Å². The molecule has 2 heterocycles. The second kappa shape index (κ2) is 7.06. The summed E-state index contributed by atoms with van der Waals surface area (Å²) < 4.78 is 11.3. The molecule has 0 aliphatic carbocycles. The number of ether oxygens (including phenoxy) is 1. The second-order valence-electron chi connectivity index (χ2n) is 5.34. The number of amides is 1. The van der Waals surface area contributed by atoms with Crippen molar-refractivity contribution in [2.45, 2.75) is 25.9 Å². The smallest absolute Gasteiger partial charge is 0.229 e. The molecule has 3 rings (SSSR count). The Labute approximate surface area is 143 Å². The highest BCUT2D eigenvalue weighted by Gasteiger charge is 2.18. The Morgan fingerprint density at radius 1 is 1.38 bits per heavy atom. The van der Waals surface area contributed by atoms with Crippen LogP contribution in [-0.4, -0.2) is 35.2 Å². The molecule has 24 heavy (non-hydrogen) atoms. The van der Waals surface area contributed by atoms with Crippen LogP contribution in [-0.2, 0) is 16.0 Å². The summed E-state index contributed by atoms with van der Waals surface area (Å²) in [5, 5.41) is 4.53. The third kappa shape index (κ3) is 3.44. The molecule has 7 nitrogen and oxygen atoms in total. The molecule has 0 radical (unpaired) electrons. The molecule has 0 aliphatic rings. The zero-order valence-corrected chi connectivity index (χ0v) is 14.5. The monoisotopic (exact) mass is 346 g/mol. The molecule has 0 fully saturated rings. The Bertz CT molecular complexity index is 812. The van der Waals surface area contributed by atoms with Gasteiger partial charge in [-0.2, -0.15) is 4.98 Å². The third-order valence-corrected chi connectivity index (χ3v) is 4.81. The standard InChI is InChI=1S/C16H18N4O3S/c1-10(22-3)15-18-13(23-19-15)8-9-14(21)20(2)16-17-11-6-4-5-7-12(11)24-16/h4-7,10H,8-9H2,1-3H3/t10-/m0/s1. The van der Waals surface area contributed by atoms with Crippen molar-refractivity contribution in [2.24, 2.45) is 0 Å². The van der Waals surface area contributed by atoms with E-state index in [4.69, 9.17) is 9.26 Å². The summed E-state index contributed by atoms with van der Waals surface area (Å²) >= 11 is 1.49. The first-order valence-electron chi connectivity index (χ1n) is 7.56. The Morgan fingerprint density at radius 2 is 2.17 bits per heavy atom. The summed E-state index contributed by atoms with van der Waals surface area (Å²) in [5.41, 5.74) is 0.896. The van der Waals surface area contributed by atoms with E-state index in [0.717, 1.165) is 10.2 Å². The van der Waals surface area contributed by atoms with E-state index in [1.54, 1.807) is 19.1 Å². The number of para-hydroxylation sites is 1. The predicted molar refractivity (Wildman–Crippen MR) is 91.1 cm³/mol. The quantitative estimate of drug-likeness (QED) is 0.682. The van der Waals surface area contributed by atoms with Crippen LogP contribution in [0, 0.1) is 0 Å². The summed E-state index contributed by atoms with van der Waals surface area (Å²) in [4.78, 5) is 22.7. The van der Waals surface area contributed by atoms with E-state index in [-0.39, 0.29) is 18.4 Å². The minimum atomic E-state index is -0.233. The highest BCUT2D eigenvalue weighted by Crippen LogP contribution is 2.28. The van der Waals surface area contributed by atoms with E-state index < -0.39 is 0 Å². The molecule has 1 atom stereocenters. The number of rotatable bonds is 6. The maximum Gasteiger partial charge on any atom is 0.229 e. The van der Waals surface area contributed by atoms with E-state index in [9.17, 15) is 4.79 Å². The zero-order valence-electron chi connectivity index (χ0n) is 13.7. The lowest BCUT2D eigenvalue weighted by atomic mass is 10.3. The van der Waals surface area contributed by atoms with Gasteiger partial charge in [0.25, 0.3) is 0 Å². The Kier molecular flexibility index (Phi) is 4.86. The molecule has 126 valence electrons. The van der Waals surface area contributed by atoms with E-state index in [1.807, 2.05) is 31.2 Å². The Hall–Kier alpha value is -2.32. The third-order valence-electron chi connectivity index (χ3n) is 3.70. The number of anilines is 1. The average Bonchev–Trinajstić information content (AvgIpc) is 3.24. The fraction of sp³-hybridized carbons (Fsp3) is 0.375. The van der Waals surface area contributed by atoms with Crippen LogP contribution in [0.15, 0.2) is 28.8 Å². The Balaban J connectivity index is 1.62. The van der Waals surface area contributed by atoms with E-state index in [0.29, 0.717) is 23.3 Å². The molecular formula is C16H18N4O3S. The molecule has 8 heteroatoms. The van der Waals surface area contributed by atoms with Crippen molar-refractivity contribution in [1.82, 2.24) is 15.1 Å². The lowest BCUT2D eigenvalue weighted by Crippen LogP contribution is -2.26. The molecule has 0 saturated carbocycles. The van der Waals surface area contributed by atoms with Gasteiger partial charge in [-0.3, -0.25) is 9.69 Å². The number of thiazole rings is 1. The number of aryl methyl sites for hydroxylation is 1. The molecule has 0 aliphatic heterocycles. The van der Waals surface area contributed by atoms with Gasteiger partial charge in [0.05, 0.1) is 10.2 Å². The Morgan fingerprint density at radius 3 is 2.92 bits per heavy atom. The van der Waals surface area contributed by atoms with Gasteiger partial charge in [0.1, 0.15) is 6.10 Å². The highest BCUT2D eigenvalue weighted by molar-refractivity contribution is 7.22. The first-order valence-corrected chi connectivity index (χ1v) is 8.37. The zero-order chi connectivity index (χ0) is 17.1. The van der Waals surface area contributed by atoms with Gasteiger partial charge in [-0.15, -0.1) is 0 Å². The summed E-state index contributed by atoms with van der Waals surface area (Å²) in [5.74, 6) is 0.869. The molecule has 0 bridgehead atoms. The lowest BCUT2D eigenvalue weighted by Gasteiger charge is -2.12. The van der Waals surface area contributed by atoms with Gasteiger partial charge in [0.2, 0.25) is 11.8 Å². The molecule has 1 aromatic carbocycles. The fourth-order valence-corrected chi connectivity index (χ4v) is 3.08. The van der Waals surface area contributed by atoms with E-state index in [1.165, 1.54) is 11.3 Å². The lowest BCUT2D eigenvalue weighted by molar-refractivity contribution is -0.118. The van der Waals surface area contributed by atoms with E-state index in [2.05, 4.69) is 15.1 Å². The fourth-order valence-electron chi connectivity index (χ4n) is 2.13. The largest absolute Gasteiger partial charge is 0.374 e. The van der Waals surface area contributed by atoms with Crippen LogP contribution in [0.5, 0.6) is 0 Å². The number of nitrogens with zero attached hydrogens (tertiary/aromatic N) is 4. The summed E-state index contributed by atoms with van der Waals surface area (Å²) in [6.07, 6.45) is 0.427. The number of benzene rings is 1. The van der Waals surface area contributed by atoms with E-state index >= 15 is 0 Å². The molecule has 2 aromatic heterocycles. The highest BCUT2D eigenvalue weighted by atomic mass is 32.1. The maximum atomic E-state index is 12.4. The number of carbonyl (C=O) groups is 1. The number of fused-ring (bicyclic) bond motifs is 1. The van der Waals surface area contributed by atoms with Gasteiger partial charge >= 0.3 is 0 Å². The maximum absolute atomic E-state index is 12.4. The van der Waals surface area contributed by atoms with Crippen LogP contribution in [0.2, 0.25) is 0 Å². The van der Waals surface area contributed by atoms with Gasteiger partial charge < -0.3 is 9.26 Å². The average molecular weight is 346 g/mol. The van der Waals surface area contributed by atoms with Gasteiger partial charge in [0.15, 0.2) is 11.0 Å². The van der Waals surface area contributed by atoms with Crippen molar-refractivity contribution >= 4 is 32.6 Å². The molecule has 1 amide bonds. The van der Waals surface area contributed by atoms with Crippen molar-refractivity contribution < 1.29 is 14.1 Å². The molecule has 0 saturated heterocycles. The van der Waals surface area contributed by atoms with Crippen molar-refractivity contribution in [3.63, 3.8) is 0 Å². The minimum Gasteiger partial charge on any atom is -0.374 e. The van der Waals surface area contributed by atoms with Crippen molar-refractivity contribution in [2.75, 3.05) is 19.1 Å². The summed E-state index contributed by atoms with van der Waals surface area (Å²) in [6.45, 7) is 1.83. The minimum absolute atomic E-state index is 0.0476. The van der Waals surface area contributed by atoms with Crippen LogP contribution in [0.25, 0.3) is 10.2 Å². The van der Waals surface area contributed by atoms with Crippen LogP contribution < -0.4 is 4.90 Å². The van der Waals surface area contributed by atoms with Crippen molar-refractivity contribution in [3.8, 4) is 0 Å². The van der Waals surface area contributed by atoms with Gasteiger partial charge in [-0.05, 0) is 19.1 Å². The molecular weight excluding hydrogens is 328 g/mol. The molecule has 3 aromatic rings. The first kappa shape index (κ1) is 16.5. The predicted octanol–water partition coefficient (Wildman–Crippen LogP) is 2.98.